The molecule has 0 radical (unpaired) electrons. The van der Waals surface area contributed by atoms with Gasteiger partial charge in [-0.2, -0.15) is 0 Å². The summed E-state index contributed by atoms with van der Waals surface area (Å²) in [4.78, 5) is 72.7. The van der Waals surface area contributed by atoms with Gasteiger partial charge in [-0.05, 0) is 19.8 Å². The van der Waals surface area contributed by atoms with E-state index >= 15 is 0 Å². The Kier molecular flexibility index (Phi) is 59.5. The third-order valence-corrected chi connectivity index (χ3v) is 5.23. The number of nitrogens with zero attached hydrogens (tertiary/aromatic N) is 2. The first-order valence-corrected chi connectivity index (χ1v) is 15.5. The first-order valence-electron chi connectivity index (χ1n) is 15.5. The third kappa shape index (κ3) is 64.0. The zero-order valence-electron chi connectivity index (χ0n) is 30.9. The number of carboxylic acid groups (broad SMARTS) is 4. The van der Waals surface area contributed by atoms with Gasteiger partial charge in [0.1, 0.15) is 0 Å². The number of hydrogen-bond acceptors (Lipinski definition) is 17. The topological polar surface area (TPSA) is 391 Å². The van der Waals surface area contributed by atoms with Gasteiger partial charge < -0.3 is 66.3 Å². The molecule has 22 nitrogen and oxygen atoms in total. The van der Waals surface area contributed by atoms with Crippen LogP contribution in [0.1, 0.15) is 32.6 Å². The number of amides is 1. The van der Waals surface area contributed by atoms with Crippen LogP contribution >= 0.6 is 0 Å². The van der Waals surface area contributed by atoms with Gasteiger partial charge in [-0.25, -0.2) is 43.5 Å². The second-order valence-electron chi connectivity index (χ2n) is 9.72. The number of isocyanates is 2. The van der Waals surface area contributed by atoms with Gasteiger partial charge in [0.15, 0.2) is 0 Å². The molecule has 0 aromatic rings. The molecule has 0 atom stereocenters. The number of nitrogens with two attached hydrogens (primary N) is 1. The Hall–Kier alpha value is -5.41. The first-order chi connectivity index (χ1) is 25.8. The van der Waals surface area contributed by atoms with E-state index in [4.69, 9.17) is 55.8 Å². The summed E-state index contributed by atoms with van der Waals surface area (Å²) in [6.45, 7) is 12.0. The van der Waals surface area contributed by atoms with Gasteiger partial charge in [-0.15, -0.1) is 0 Å². The fourth-order valence-electron chi connectivity index (χ4n) is 2.03. The summed E-state index contributed by atoms with van der Waals surface area (Å²) in [5.74, 6) is -3.93. The van der Waals surface area contributed by atoms with E-state index < -0.39 is 80.4 Å². The molecule has 55 heavy (non-hydrogen) atoms. The average molecular weight is 800 g/mol. The smallest absolute Gasteiger partial charge is 0.404 e. The van der Waals surface area contributed by atoms with Crippen LogP contribution in [-0.2, 0) is 38.2 Å². The number of rotatable bonds is 22. The number of aliphatic hydroxyl groups is 6. The molecule has 22 heteroatoms. The second-order valence-corrected chi connectivity index (χ2v) is 9.72. The molecule has 12 N–H and O–H groups in total. The van der Waals surface area contributed by atoms with E-state index in [2.05, 4.69) is 46.8 Å². The molecule has 0 heterocycles. The standard InChI is InChI=1S/C10H22O7.C8H12N2O2.C3H7NO2.4C3H4O2/c11-1-9(2-12,3-13)7-17-8-10(4-14,5-15)6-16;11-7-9-5-3-1-2-4-6-10-8-12;1-2-6-3(4)5;4*1-2-3(4)5/h11-16H,1-8H2;1-6H2;2H2,1H3,(H2,4,5);4*2H,1H2,(H,4,5). The van der Waals surface area contributed by atoms with Crippen molar-refractivity contribution in [2.75, 3.05) is 72.6 Å². The summed E-state index contributed by atoms with van der Waals surface area (Å²) < 4.78 is 9.33. The fourth-order valence-corrected chi connectivity index (χ4v) is 2.03. The van der Waals surface area contributed by atoms with E-state index in [0.717, 1.165) is 50.0 Å². The van der Waals surface area contributed by atoms with Gasteiger partial charge in [-0.3, -0.25) is 0 Å². The second kappa shape index (κ2) is 50.7. The van der Waals surface area contributed by atoms with Crippen molar-refractivity contribution < 1.29 is 94.1 Å². The number of primary amides is 1. The highest BCUT2D eigenvalue weighted by Gasteiger charge is 2.32. The maximum atomic E-state index is 9.63. The number of unbranched alkanes of at least 4 members (excludes halogenated alkanes) is 3. The Morgan fingerprint density at radius 1 is 0.582 bits per heavy atom. The number of aliphatic carboxylic acids is 4. The molecular weight excluding hydrogens is 742 g/mol. The quantitative estimate of drug-likeness (QED) is 0.0278. The molecule has 0 unspecified atom stereocenters. The van der Waals surface area contributed by atoms with Crippen molar-refractivity contribution >= 4 is 42.1 Å². The molecule has 0 saturated carbocycles. The van der Waals surface area contributed by atoms with Crippen LogP contribution < -0.4 is 5.73 Å². The largest absolute Gasteiger partial charge is 0.478 e. The first kappa shape index (κ1) is 64.5. The van der Waals surface area contributed by atoms with E-state index in [9.17, 15) is 33.6 Å². The highest BCUT2D eigenvalue weighted by atomic mass is 16.5. The van der Waals surface area contributed by atoms with Crippen molar-refractivity contribution in [1.82, 2.24) is 0 Å². The predicted molar refractivity (Wildman–Crippen MR) is 195 cm³/mol. The molecular formula is C33H57N3O19. The number of carbonyl (C=O) groups is 5. The normalized spacial score (nSPS) is 9.00. The fraction of sp³-hybridized carbons (Fsp3) is 0.545. The Bertz CT molecular complexity index is 997. The third-order valence-electron chi connectivity index (χ3n) is 5.23. The van der Waals surface area contributed by atoms with Gasteiger partial charge in [-0.1, -0.05) is 39.2 Å². The summed E-state index contributed by atoms with van der Waals surface area (Å²) >= 11 is 0. The van der Waals surface area contributed by atoms with Gasteiger partial charge >= 0.3 is 30.0 Å². The van der Waals surface area contributed by atoms with Crippen molar-refractivity contribution in [2.45, 2.75) is 32.6 Å². The molecule has 0 fully saturated rings. The molecule has 0 aliphatic heterocycles. The minimum Gasteiger partial charge on any atom is -0.478 e. The molecule has 0 rings (SSSR count). The van der Waals surface area contributed by atoms with Crippen LogP contribution in [0.25, 0.3) is 0 Å². The predicted octanol–water partition coefficient (Wildman–Crippen LogP) is -0.722. The van der Waals surface area contributed by atoms with Crippen LogP contribution in [0.2, 0.25) is 0 Å². The van der Waals surface area contributed by atoms with Gasteiger partial charge in [0.2, 0.25) is 12.2 Å². The Morgan fingerprint density at radius 3 is 0.945 bits per heavy atom. The van der Waals surface area contributed by atoms with Crippen LogP contribution in [0.15, 0.2) is 60.6 Å². The van der Waals surface area contributed by atoms with Crippen LogP contribution in [-0.4, -0.2) is 166 Å². The van der Waals surface area contributed by atoms with Gasteiger partial charge in [0, 0.05) is 24.3 Å². The summed E-state index contributed by atoms with van der Waals surface area (Å²) in [6.07, 6.45) is 9.42. The number of carbonyl (C=O) groups excluding carboxylic acids is 3. The van der Waals surface area contributed by atoms with Crippen molar-refractivity contribution in [2.24, 2.45) is 26.5 Å². The van der Waals surface area contributed by atoms with Crippen LogP contribution in [0.4, 0.5) is 4.79 Å². The lowest BCUT2D eigenvalue weighted by atomic mass is 9.91. The molecule has 1 amide bonds. The number of ether oxygens (including phenoxy) is 2. The van der Waals surface area contributed by atoms with Crippen LogP contribution in [0.5, 0.6) is 0 Å². The number of carboxylic acids is 4. The zero-order valence-corrected chi connectivity index (χ0v) is 30.9. The minimum atomic E-state index is -1.16. The van der Waals surface area contributed by atoms with Crippen molar-refractivity contribution in [1.29, 1.82) is 0 Å². The number of aliphatic hydroxyl groups excluding tert-OH is 6. The molecule has 0 bridgehead atoms. The minimum absolute atomic E-state index is 0.141. The number of aliphatic imine (C=N–C) groups is 2. The summed E-state index contributed by atoms with van der Waals surface area (Å²) in [5.41, 5.74) is 2.22. The highest BCUT2D eigenvalue weighted by Crippen LogP contribution is 2.19. The molecule has 0 aliphatic carbocycles. The lowest BCUT2D eigenvalue weighted by Gasteiger charge is -2.31. The summed E-state index contributed by atoms with van der Waals surface area (Å²) in [6, 6.07) is 0. The maximum Gasteiger partial charge on any atom is 0.404 e. The molecule has 0 spiro atoms. The molecule has 0 aliphatic rings. The summed E-state index contributed by atoms with van der Waals surface area (Å²) in [5, 5.41) is 84.6. The molecule has 0 aromatic heterocycles. The average Bonchev–Trinajstić information content (AvgIpc) is 3.18. The maximum absolute atomic E-state index is 9.63. The van der Waals surface area contributed by atoms with Crippen molar-refractivity contribution in [3.8, 4) is 0 Å². The van der Waals surface area contributed by atoms with Crippen molar-refractivity contribution in [3.63, 3.8) is 0 Å². The lowest BCUT2D eigenvalue weighted by Crippen LogP contribution is -2.43. The Morgan fingerprint density at radius 2 is 0.818 bits per heavy atom. The van der Waals surface area contributed by atoms with Crippen LogP contribution in [0, 0.1) is 10.8 Å². The zero-order chi connectivity index (χ0) is 44.6. The van der Waals surface area contributed by atoms with E-state index in [0.29, 0.717) is 19.7 Å². The summed E-state index contributed by atoms with van der Waals surface area (Å²) in [7, 11) is 0. The van der Waals surface area contributed by atoms with E-state index in [1.54, 1.807) is 6.92 Å². The highest BCUT2D eigenvalue weighted by molar-refractivity contribution is 5.79. The van der Waals surface area contributed by atoms with E-state index in [1.807, 2.05) is 0 Å². The van der Waals surface area contributed by atoms with Gasteiger partial charge in [0.05, 0.1) is 83.4 Å². The van der Waals surface area contributed by atoms with E-state index in [1.165, 1.54) is 12.2 Å². The number of hydrogen-bond donors (Lipinski definition) is 11. The lowest BCUT2D eigenvalue weighted by molar-refractivity contribution is -0.132. The van der Waals surface area contributed by atoms with E-state index in [-0.39, 0.29) is 13.2 Å². The van der Waals surface area contributed by atoms with Crippen LogP contribution in [0.3, 0.4) is 0 Å². The molecule has 318 valence electrons. The SMILES string of the molecule is C=CC(=O)O.C=CC(=O)O.C=CC(=O)O.C=CC(=O)O.CCOC(N)=O.O=C=NCCCCCCN=C=O.OCC(CO)(CO)COCC(CO)(CO)CO. The van der Waals surface area contributed by atoms with Crippen molar-refractivity contribution in [3.05, 3.63) is 50.6 Å². The Labute approximate surface area is 318 Å². The molecule has 0 saturated heterocycles. The molecule has 0 aromatic carbocycles. The monoisotopic (exact) mass is 799 g/mol. The van der Waals surface area contributed by atoms with Gasteiger partial charge in [0.25, 0.3) is 0 Å². The Balaban J connectivity index is -0.000000105.